The van der Waals surface area contributed by atoms with Crippen molar-refractivity contribution in [1.29, 1.82) is 0 Å². The topological polar surface area (TPSA) is 35.5 Å². The van der Waals surface area contributed by atoms with E-state index < -0.39 is 5.41 Å². The summed E-state index contributed by atoms with van der Waals surface area (Å²) < 4.78 is 10.6. The van der Waals surface area contributed by atoms with Gasteiger partial charge in [-0.05, 0) is 18.6 Å². The number of benzene rings is 1. The van der Waals surface area contributed by atoms with Gasteiger partial charge in [0.2, 0.25) is 0 Å². The third-order valence-electron chi connectivity index (χ3n) is 3.47. The Morgan fingerprint density at radius 2 is 2.15 bits per heavy atom. The van der Waals surface area contributed by atoms with E-state index in [-0.39, 0.29) is 12.1 Å². The number of carbonyl (C=O) groups excluding carboxylic acids is 1. The van der Waals surface area contributed by atoms with Crippen LogP contribution < -0.4 is 0 Å². The Labute approximate surface area is 120 Å². The molecular weight excluding hydrogens is 252 g/mol. The minimum atomic E-state index is -0.766. The van der Waals surface area contributed by atoms with Crippen molar-refractivity contribution >= 4 is 5.97 Å². The minimum Gasteiger partial charge on any atom is -0.468 e. The summed E-state index contributed by atoms with van der Waals surface area (Å²) in [5.41, 5.74) is 0.133. The predicted octanol–water partition coefficient (Wildman–Crippen LogP) is 2.79. The number of hydrogen-bond donors (Lipinski definition) is 0. The molecular formula is C17H20O3. The molecule has 0 unspecified atom stereocenters. The van der Waals surface area contributed by atoms with Gasteiger partial charge >= 0.3 is 5.97 Å². The fraction of sp³-hybridized carbons (Fsp3) is 0.471. The van der Waals surface area contributed by atoms with Gasteiger partial charge < -0.3 is 9.47 Å². The Bertz CT molecular complexity index is 512. The van der Waals surface area contributed by atoms with Gasteiger partial charge in [0.1, 0.15) is 0 Å². The first-order valence-corrected chi connectivity index (χ1v) is 7.01. The molecule has 1 fully saturated rings. The van der Waals surface area contributed by atoms with Gasteiger partial charge in [-0.15, -0.1) is 0 Å². The summed E-state index contributed by atoms with van der Waals surface area (Å²) in [4.78, 5) is 12.0. The van der Waals surface area contributed by atoms with Gasteiger partial charge in [0, 0.05) is 18.6 Å². The zero-order valence-corrected chi connectivity index (χ0v) is 12.0. The highest BCUT2D eigenvalue weighted by atomic mass is 16.5. The highest BCUT2D eigenvalue weighted by molar-refractivity contribution is 5.85. The molecule has 0 aliphatic heterocycles. The molecule has 3 nitrogen and oxygen atoms in total. The van der Waals surface area contributed by atoms with Gasteiger partial charge in [-0.3, -0.25) is 4.79 Å². The lowest BCUT2D eigenvalue weighted by molar-refractivity contribution is -0.146. The number of carbonyl (C=O) groups is 1. The number of ether oxygens (including phenoxy) is 2. The normalized spacial score (nSPS) is 23.6. The van der Waals surface area contributed by atoms with E-state index in [0.29, 0.717) is 13.0 Å². The van der Waals surface area contributed by atoms with E-state index >= 15 is 0 Å². The van der Waals surface area contributed by atoms with E-state index in [0.717, 1.165) is 18.4 Å². The third kappa shape index (κ3) is 3.20. The maximum Gasteiger partial charge on any atom is 0.326 e. The molecule has 0 radical (unpaired) electrons. The monoisotopic (exact) mass is 272 g/mol. The molecule has 1 aromatic carbocycles. The van der Waals surface area contributed by atoms with Crippen LogP contribution in [0.5, 0.6) is 0 Å². The number of unbranched alkanes of at least 4 members (excludes halogenated alkanes) is 1. The van der Waals surface area contributed by atoms with Gasteiger partial charge in [0.25, 0.3) is 0 Å². The average molecular weight is 272 g/mol. The lowest BCUT2D eigenvalue weighted by atomic mass is 10.1. The molecule has 0 amide bonds. The van der Waals surface area contributed by atoms with Crippen molar-refractivity contribution in [2.24, 2.45) is 5.41 Å². The Hall–Kier alpha value is -1.79. The first kappa shape index (κ1) is 14.6. The van der Waals surface area contributed by atoms with E-state index in [1.807, 2.05) is 30.3 Å². The first-order chi connectivity index (χ1) is 9.73. The molecule has 0 spiro atoms. The molecule has 0 bridgehead atoms. The maximum atomic E-state index is 12.0. The smallest absolute Gasteiger partial charge is 0.326 e. The van der Waals surface area contributed by atoms with Crippen LogP contribution in [0.15, 0.2) is 30.3 Å². The number of hydrogen-bond acceptors (Lipinski definition) is 3. The molecule has 2 rings (SSSR count). The van der Waals surface area contributed by atoms with Crippen LogP contribution in [0.4, 0.5) is 0 Å². The first-order valence-electron chi connectivity index (χ1n) is 7.01. The quantitative estimate of drug-likeness (QED) is 0.470. The van der Waals surface area contributed by atoms with Crippen molar-refractivity contribution in [1.82, 2.24) is 0 Å². The summed E-state index contributed by atoms with van der Waals surface area (Å²) in [5, 5.41) is 0. The van der Waals surface area contributed by atoms with E-state index in [1.54, 1.807) is 0 Å². The van der Waals surface area contributed by atoms with Gasteiger partial charge in [-0.25, -0.2) is 0 Å². The van der Waals surface area contributed by atoms with Crippen molar-refractivity contribution in [3.8, 4) is 11.8 Å². The molecule has 1 aliphatic rings. The summed E-state index contributed by atoms with van der Waals surface area (Å²) in [6, 6.07) is 9.64. The Balaban J connectivity index is 2.07. The van der Waals surface area contributed by atoms with Crippen LogP contribution in [0, 0.1) is 17.3 Å². The summed E-state index contributed by atoms with van der Waals surface area (Å²) in [6.07, 6.45) is 2.58. The molecule has 1 saturated carbocycles. The summed E-state index contributed by atoms with van der Waals surface area (Å²) in [6.45, 7) is 2.78. The highest BCUT2D eigenvalue weighted by Crippen LogP contribution is 2.49. The van der Waals surface area contributed by atoms with Crippen molar-refractivity contribution in [3.05, 3.63) is 35.9 Å². The van der Waals surface area contributed by atoms with Crippen molar-refractivity contribution in [2.75, 3.05) is 13.7 Å². The number of esters is 1. The van der Waals surface area contributed by atoms with Crippen LogP contribution in [0.2, 0.25) is 0 Å². The third-order valence-corrected chi connectivity index (χ3v) is 3.47. The zero-order valence-electron chi connectivity index (χ0n) is 12.0. The maximum absolute atomic E-state index is 12.0. The molecule has 20 heavy (non-hydrogen) atoms. The van der Waals surface area contributed by atoms with Gasteiger partial charge in [0.05, 0.1) is 13.2 Å². The van der Waals surface area contributed by atoms with Crippen LogP contribution >= 0.6 is 0 Å². The van der Waals surface area contributed by atoms with Crippen molar-refractivity contribution in [3.63, 3.8) is 0 Å². The molecule has 0 heterocycles. The molecule has 0 aromatic heterocycles. The number of rotatable bonds is 5. The second-order valence-electron chi connectivity index (χ2n) is 5.00. The molecule has 1 aliphatic carbocycles. The largest absolute Gasteiger partial charge is 0.468 e. The summed E-state index contributed by atoms with van der Waals surface area (Å²) in [5.74, 6) is 5.83. The van der Waals surface area contributed by atoms with Crippen LogP contribution in [0.25, 0.3) is 0 Å². The van der Waals surface area contributed by atoms with E-state index in [4.69, 9.17) is 9.47 Å². The predicted molar refractivity (Wildman–Crippen MR) is 77.0 cm³/mol. The molecule has 3 heteroatoms. The van der Waals surface area contributed by atoms with E-state index in [1.165, 1.54) is 7.11 Å². The molecule has 0 N–H and O–H groups in total. The number of methoxy groups -OCH3 is 1. The van der Waals surface area contributed by atoms with Crippen molar-refractivity contribution in [2.45, 2.75) is 32.3 Å². The molecule has 1 aromatic rings. The molecule has 0 saturated heterocycles. The SMILES string of the molecule is CCCCO[C@@H]1C[C@@]1(C#Cc1ccccc1)C(=O)OC. The fourth-order valence-corrected chi connectivity index (χ4v) is 2.09. The van der Waals surface area contributed by atoms with Crippen LogP contribution in [0.3, 0.4) is 0 Å². The van der Waals surface area contributed by atoms with Gasteiger partial charge in [0.15, 0.2) is 5.41 Å². The average Bonchev–Trinajstić information content (AvgIpc) is 3.20. The van der Waals surface area contributed by atoms with E-state index in [2.05, 4.69) is 18.8 Å². The van der Waals surface area contributed by atoms with E-state index in [9.17, 15) is 4.79 Å². The van der Waals surface area contributed by atoms with Gasteiger partial charge in [-0.1, -0.05) is 43.4 Å². The second kappa shape index (κ2) is 6.58. The Kier molecular flexibility index (Phi) is 4.81. The van der Waals surface area contributed by atoms with Crippen molar-refractivity contribution < 1.29 is 14.3 Å². The molecule has 2 atom stereocenters. The second-order valence-corrected chi connectivity index (χ2v) is 5.00. The summed E-state index contributed by atoms with van der Waals surface area (Å²) >= 11 is 0. The molecule has 106 valence electrons. The Morgan fingerprint density at radius 1 is 1.40 bits per heavy atom. The fourth-order valence-electron chi connectivity index (χ4n) is 2.09. The Morgan fingerprint density at radius 3 is 2.80 bits per heavy atom. The van der Waals surface area contributed by atoms with Crippen LogP contribution in [-0.4, -0.2) is 25.8 Å². The lowest BCUT2D eigenvalue weighted by Crippen LogP contribution is -2.21. The van der Waals surface area contributed by atoms with Gasteiger partial charge in [-0.2, -0.15) is 0 Å². The van der Waals surface area contributed by atoms with Crippen LogP contribution in [0.1, 0.15) is 31.7 Å². The summed E-state index contributed by atoms with van der Waals surface area (Å²) in [7, 11) is 1.40. The van der Waals surface area contributed by atoms with Crippen LogP contribution in [-0.2, 0) is 14.3 Å². The standard InChI is InChI=1S/C17H20O3/c1-3-4-12-20-15-13-17(15,16(18)19-2)11-10-14-8-6-5-7-9-14/h5-9,15H,3-4,12-13H2,1-2H3/t15-,17-/m1/s1. The highest BCUT2D eigenvalue weighted by Gasteiger charge is 2.62. The minimum absolute atomic E-state index is 0.127. The lowest BCUT2D eigenvalue weighted by Gasteiger charge is -2.08. The zero-order chi connectivity index (χ0) is 14.4.